The number of aromatic nitrogens is 4. The summed E-state index contributed by atoms with van der Waals surface area (Å²) in [4.78, 5) is 36.8. The van der Waals surface area contributed by atoms with Gasteiger partial charge in [-0.3, -0.25) is 9.78 Å². The quantitative estimate of drug-likeness (QED) is 0.522. The zero-order valence-corrected chi connectivity index (χ0v) is 14.7. The van der Waals surface area contributed by atoms with Gasteiger partial charge in [0.15, 0.2) is 11.5 Å². The maximum absolute atomic E-state index is 12.1. The normalized spacial score (nSPS) is 11.6. The number of aromatic amines is 1. The Bertz CT molecular complexity index is 942. The van der Waals surface area contributed by atoms with Crippen molar-refractivity contribution in [3.05, 3.63) is 45.1 Å². The molecule has 0 spiro atoms. The Hall–Kier alpha value is -2.54. The van der Waals surface area contributed by atoms with Crippen LogP contribution >= 0.6 is 0 Å². The van der Waals surface area contributed by atoms with Crippen molar-refractivity contribution in [2.75, 3.05) is 19.6 Å². The third-order valence-corrected chi connectivity index (χ3v) is 4.52. The molecule has 0 fully saturated rings. The number of para-hydroxylation sites is 2. The van der Waals surface area contributed by atoms with Gasteiger partial charge in [0, 0.05) is 6.54 Å². The third kappa shape index (κ3) is 3.61. The molecule has 2 heterocycles. The lowest BCUT2D eigenvalue weighted by Crippen LogP contribution is -2.29. The molecule has 7 nitrogen and oxygen atoms in total. The van der Waals surface area contributed by atoms with Gasteiger partial charge in [0.05, 0.1) is 11.0 Å². The van der Waals surface area contributed by atoms with E-state index in [1.165, 1.54) is 0 Å². The second-order valence-corrected chi connectivity index (χ2v) is 6.03. The summed E-state index contributed by atoms with van der Waals surface area (Å²) in [5.41, 5.74) is 0.700. The number of unbranched alkanes of at least 4 members (excludes halogenated alkanes) is 1. The first kappa shape index (κ1) is 17.3. The van der Waals surface area contributed by atoms with Gasteiger partial charge in [0.2, 0.25) is 0 Å². The average Bonchev–Trinajstić information content (AvgIpc) is 2.61. The number of benzene rings is 1. The summed E-state index contributed by atoms with van der Waals surface area (Å²) in [7, 11) is 0. The fourth-order valence-corrected chi connectivity index (χ4v) is 3.12. The second kappa shape index (κ2) is 7.57. The lowest BCUT2D eigenvalue weighted by molar-refractivity contribution is 0.294. The van der Waals surface area contributed by atoms with Gasteiger partial charge in [0.25, 0.3) is 5.56 Å². The van der Waals surface area contributed by atoms with Gasteiger partial charge in [-0.05, 0) is 44.6 Å². The van der Waals surface area contributed by atoms with Gasteiger partial charge < -0.3 is 9.47 Å². The molecule has 1 aromatic carbocycles. The highest BCUT2D eigenvalue weighted by atomic mass is 16.2. The van der Waals surface area contributed by atoms with Gasteiger partial charge in [-0.2, -0.15) is 4.98 Å². The van der Waals surface area contributed by atoms with E-state index in [9.17, 15) is 9.59 Å². The molecule has 1 N–H and O–H groups in total. The minimum absolute atomic E-state index is 0.210. The minimum Gasteiger partial charge on any atom is -0.322 e. The summed E-state index contributed by atoms with van der Waals surface area (Å²) in [6, 6.07) is 7.62. The molecule has 0 radical (unpaired) electrons. The van der Waals surface area contributed by atoms with E-state index in [1.807, 2.05) is 28.8 Å². The largest absolute Gasteiger partial charge is 0.349 e. The van der Waals surface area contributed by atoms with E-state index in [0.29, 0.717) is 12.4 Å². The number of rotatable bonds is 7. The first-order valence-corrected chi connectivity index (χ1v) is 8.76. The molecule has 2 aliphatic heterocycles. The van der Waals surface area contributed by atoms with Crippen molar-refractivity contribution in [2.24, 2.45) is 0 Å². The first-order valence-electron chi connectivity index (χ1n) is 8.76. The van der Waals surface area contributed by atoms with Crippen LogP contribution in [0.15, 0.2) is 33.9 Å². The van der Waals surface area contributed by atoms with Crippen molar-refractivity contribution in [3.63, 3.8) is 0 Å². The Kier molecular flexibility index (Phi) is 5.23. The van der Waals surface area contributed by atoms with E-state index in [4.69, 9.17) is 0 Å². The maximum Gasteiger partial charge on any atom is 0.349 e. The molecule has 3 rings (SSSR count). The van der Waals surface area contributed by atoms with E-state index in [1.54, 1.807) is 0 Å². The monoisotopic (exact) mass is 341 g/mol. The van der Waals surface area contributed by atoms with Crippen LogP contribution in [0.2, 0.25) is 0 Å². The summed E-state index contributed by atoms with van der Waals surface area (Å²) < 4.78 is 1.94. The van der Waals surface area contributed by atoms with Crippen molar-refractivity contribution in [1.82, 2.24) is 24.4 Å². The molecular formula is C18H23N5O2. The standard InChI is InChI=1S/C18H23N5O2/c1-3-22(4-2)11-7-8-12-23-14-10-6-5-9-13(14)19-15-16(23)20-18(25)21-17(15)24/h5-6,9-10H,3-4,7-8,11-12H2,1-2H3,(H,21,24,25). The summed E-state index contributed by atoms with van der Waals surface area (Å²) in [6.07, 6.45) is 1.98. The summed E-state index contributed by atoms with van der Waals surface area (Å²) in [6.45, 7) is 8.14. The van der Waals surface area contributed by atoms with Crippen LogP contribution in [-0.2, 0) is 6.54 Å². The third-order valence-electron chi connectivity index (χ3n) is 4.52. The average molecular weight is 341 g/mol. The zero-order chi connectivity index (χ0) is 17.8. The van der Waals surface area contributed by atoms with Gasteiger partial charge in [0.1, 0.15) is 0 Å². The molecule has 7 heteroatoms. The van der Waals surface area contributed by atoms with Crippen LogP contribution in [0.4, 0.5) is 0 Å². The van der Waals surface area contributed by atoms with Crippen LogP contribution in [0.25, 0.3) is 22.6 Å². The number of H-pyrrole nitrogens is 1. The van der Waals surface area contributed by atoms with Crippen LogP contribution in [-0.4, -0.2) is 44.1 Å². The van der Waals surface area contributed by atoms with Gasteiger partial charge in [-0.1, -0.05) is 26.0 Å². The van der Waals surface area contributed by atoms with Crippen molar-refractivity contribution >= 4 is 11.0 Å². The molecule has 0 saturated heterocycles. The first-order chi connectivity index (χ1) is 12.1. The molecule has 2 aliphatic rings. The fraction of sp³-hybridized carbons (Fsp3) is 0.444. The number of nitrogens with zero attached hydrogens (tertiary/aromatic N) is 4. The second-order valence-electron chi connectivity index (χ2n) is 6.03. The highest BCUT2D eigenvalue weighted by Crippen LogP contribution is 2.20. The molecule has 0 amide bonds. The number of fused-ring (bicyclic) bond motifs is 2. The predicted molar refractivity (Wildman–Crippen MR) is 98.1 cm³/mol. The number of nitrogens with one attached hydrogen (secondary N) is 1. The Labute approximate surface area is 145 Å². The molecule has 25 heavy (non-hydrogen) atoms. The lowest BCUT2D eigenvalue weighted by Gasteiger charge is -2.19. The predicted octanol–water partition coefficient (Wildman–Crippen LogP) is 1.71. The SMILES string of the molecule is CCN(CC)CCCCn1c2nc(=O)[nH]c(=O)c-2nc2ccccc21. The fourth-order valence-electron chi connectivity index (χ4n) is 3.12. The number of hydrogen-bond donors (Lipinski definition) is 1. The Morgan fingerprint density at radius 2 is 1.84 bits per heavy atom. The molecule has 0 saturated carbocycles. The summed E-state index contributed by atoms with van der Waals surface area (Å²) in [5, 5.41) is 0. The molecule has 1 aromatic rings. The molecule has 0 aromatic heterocycles. The van der Waals surface area contributed by atoms with E-state index >= 15 is 0 Å². The molecule has 0 bridgehead atoms. The molecule has 0 unspecified atom stereocenters. The molecular weight excluding hydrogens is 318 g/mol. The Balaban J connectivity index is 1.96. The van der Waals surface area contributed by atoms with Gasteiger partial charge >= 0.3 is 5.69 Å². The van der Waals surface area contributed by atoms with Gasteiger partial charge in [-0.15, -0.1) is 0 Å². The van der Waals surface area contributed by atoms with Crippen molar-refractivity contribution in [1.29, 1.82) is 0 Å². The highest BCUT2D eigenvalue weighted by Gasteiger charge is 2.18. The van der Waals surface area contributed by atoms with Crippen molar-refractivity contribution < 1.29 is 0 Å². The highest BCUT2D eigenvalue weighted by molar-refractivity contribution is 5.79. The molecule has 0 atom stereocenters. The Morgan fingerprint density at radius 3 is 2.60 bits per heavy atom. The number of aryl methyl sites for hydroxylation is 1. The number of hydrogen-bond acceptors (Lipinski definition) is 5. The summed E-state index contributed by atoms with van der Waals surface area (Å²) in [5.74, 6) is 0.357. The van der Waals surface area contributed by atoms with Crippen LogP contribution in [0.1, 0.15) is 26.7 Å². The van der Waals surface area contributed by atoms with Crippen molar-refractivity contribution in [2.45, 2.75) is 33.2 Å². The minimum atomic E-state index is -0.633. The smallest absolute Gasteiger partial charge is 0.322 e. The maximum atomic E-state index is 12.1. The van der Waals surface area contributed by atoms with E-state index in [-0.39, 0.29) is 5.69 Å². The van der Waals surface area contributed by atoms with E-state index in [0.717, 1.165) is 43.5 Å². The van der Waals surface area contributed by atoms with Crippen LogP contribution in [0, 0.1) is 0 Å². The van der Waals surface area contributed by atoms with E-state index in [2.05, 4.69) is 33.7 Å². The van der Waals surface area contributed by atoms with Crippen LogP contribution < -0.4 is 11.2 Å². The Morgan fingerprint density at radius 1 is 1.08 bits per heavy atom. The molecule has 0 aliphatic carbocycles. The van der Waals surface area contributed by atoms with Crippen LogP contribution in [0.3, 0.4) is 0 Å². The topological polar surface area (TPSA) is 83.9 Å². The van der Waals surface area contributed by atoms with Gasteiger partial charge in [-0.25, -0.2) is 9.78 Å². The molecule has 132 valence electrons. The van der Waals surface area contributed by atoms with Crippen molar-refractivity contribution in [3.8, 4) is 11.5 Å². The lowest BCUT2D eigenvalue weighted by atomic mass is 10.2. The zero-order valence-electron chi connectivity index (χ0n) is 14.7. The van der Waals surface area contributed by atoms with Crippen LogP contribution in [0.5, 0.6) is 0 Å². The summed E-state index contributed by atoms with van der Waals surface area (Å²) >= 11 is 0. The van der Waals surface area contributed by atoms with E-state index < -0.39 is 11.2 Å².